The van der Waals surface area contributed by atoms with Gasteiger partial charge in [-0.15, -0.1) is 0 Å². The molecule has 0 radical (unpaired) electrons. The zero-order valence-electron chi connectivity index (χ0n) is 14.1. The van der Waals surface area contributed by atoms with Crippen molar-refractivity contribution >= 4 is 22.8 Å². The number of nitrogens with zero attached hydrogens (tertiary/aromatic N) is 4. The average Bonchev–Trinajstić information content (AvgIpc) is 3.24. The lowest BCUT2D eigenvalue weighted by Gasteiger charge is -2.42. The number of hydrogen-bond donors (Lipinski definition) is 2. The molecule has 0 unspecified atom stereocenters. The maximum atomic E-state index is 12.9. The monoisotopic (exact) mass is 350 g/mol. The Bertz CT molecular complexity index is 1030. The Morgan fingerprint density at radius 2 is 2.00 bits per heavy atom. The van der Waals surface area contributed by atoms with E-state index < -0.39 is 0 Å². The summed E-state index contributed by atoms with van der Waals surface area (Å²) in [6, 6.07) is 4.98. The number of aromatic nitrogens is 4. The van der Waals surface area contributed by atoms with Crippen molar-refractivity contribution < 1.29 is 4.79 Å². The number of piperazine rings is 1. The molecular formula is C18H18N6O2. The van der Waals surface area contributed by atoms with Crippen LogP contribution >= 0.6 is 0 Å². The van der Waals surface area contributed by atoms with E-state index in [0.717, 1.165) is 36.2 Å². The van der Waals surface area contributed by atoms with Crippen LogP contribution in [0.3, 0.4) is 0 Å². The van der Waals surface area contributed by atoms with Gasteiger partial charge in [0, 0.05) is 38.1 Å². The molecule has 1 spiro atoms. The zero-order chi connectivity index (χ0) is 17.7. The van der Waals surface area contributed by atoms with Crippen LogP contribution in [0.5, 0.6) is 0 Å². The fourth-order valence-corrected chi connectivity index (χ4v) is 3.86. The van der Waals surface area contributed by atoms with Gasteiger partial charge in [0.25, 0.3) is 5.91 Å². The summed E-state index contributed by atoms with van der Waals surface area (Å²) in [5, 5.41) is 1.00. The number of fused-ring (bicyclic) bond motifs is 1. The summed E-state index contributed by atoms with van der Waals surface area (Å²) in [6.07, 6.45) is 6.91. The van der Waals surface area contributed by atoms with Crippen LogP contribution in [0, 0.1) is 0 Å². The lowest BCUT2D eigenvalue weighted by Crippen LogP contribution is -2.57. The number of carbonyl (C=O) groups excluding carboxylic acids is 1. The second kappa shape index (κ2) is 5.42. The Morgan fingerprint density at radius 3 is 2.77 bits per heavy atom. The standard InChI is InChI=1S/C18H18N6O2/c25-14-2-1-12(9-20-14)17(26)24-8-7-23(10-18(24)4-5-18)16-13-3-6-19-15(13)21-11-22-16/h1-3,6,9,11H,4-5,7-8,10H2,(H,20,25)(H,19,21,22). The molecule has 8 heteroatoms. The number of carbonyl (C=O) groups is 1. The number of anilines is 1. The summed E-state index contributed by atoms with van der Waals surface area (Å²) in [5.74, 6) is 0.895. The molecule has 1 amide bonds. The maximum absolute atomic E-state index is 12.9. The van der Waals surface area contributed by atoms with E-state index in [4.69, 9.17) is 0 Å². The lowest BCUT2D eigenvalue weighted by atomic mass is 10.1. The molecule has 2 N–H and O–H groups in total. The van der Waals surface area contributed by atoms with Gasteiger partial charge in [-0.3, -0.25) is 9.59 Å². The first-order valence-corrected chi connectivity index (χ1v) is 8.70. The molecule has 0 bridgehead atoms. The van der Waals surface area contributed by atoms with Gasteiger partial charge < -0.3 is 19.8 Å². The van der Waals surface area contributed by atoms with E-state index in [9.17, 15) is 9.59 Å². The minimum Gasteiger partial charge on any atom is -0.352 e. The Labute approximate surface area is 148 Å². The highest BCUT2D eigenvalue weighted by atomic mass is 16.2. The summed E-state index contributed by atoms with van der Waals surface area (Å²) >= 11 is 0. The number of hydrogen-bond acceptors (Lipinski definition) is 5. The minimum absolute atomic E-state index is 0.0205. The zero-order valence-corrected chi connectivity index (χ0v) is 14.1. The highest BCUT2D eigenvalue weighted by Gasteiger charge is 2.53. The first kappa shape index (κ1) is 15.1. The van der Waals surface area contributed by atoms with Crippen LogP contribution in [0.25, 0.3) is 11.0 Å². The highest BCUT2D eigenvalue weighted by molar-refractivity contribution is 5.95. The van der Waals surface area contributed by atoms with Crippen molar-refractivity contribution in [2.24, 2.45) is 0 Å². The first-order chi connectivity index (χ1) is 12.7. The van der Waals surface area contributed by atoms with Gasteiger partial charge in [0.1, 0.15) is 17.8 Å². The predicted octanol–water partition coefficient (Wildman–Crippen LogP) is 1.14. The first-order valence-electron chi connectivity index (χ1n) is 8.70. The second-order valence-corrected chi connectivity index (χ2v) is 6.98. The van der Waals surface area contributed by atoms with Crippen LogP contribution in [0.4, 0.5) is 5.82 Å². The molecule has 2 aliphatic rings. The molecule has 1 aliphatic carbocycles. The van der Waals surface area contributed by atoms with Gasteiger partial charge in [-0.2, -0.15) is 0 Å². The maximum Gasteiger partial charge on any atom is 0.255 e. The van der Waals surface area contributed by atoms with Crippen LogP contribution in [-0.2, 0) is 0 Å². The molecule has 1 saturated carbocycles. The van der Waals surface area contributed by atoms with Crippen molar-refractivity contribution in [1.82, 2.24) is 24.8 Å². The van der Waals surface area contributed by atoms with Crippen LogP contribution in [0.15, 0.2) is 41.7 Å². The van der Waals surface area contributed by atoms with E-state index >= 15 is 0 Å². The SMILES string of the molecule is O=C(c1ccc(=O)[nH]c1)N1CCN(c2ncnc3[nH]ccc23)CC12CC2. The molecule has 132 valence electrons. The Balaban J connectivity index is 1.42. The molecule has 1 saturated heterocycles. The molecule has 26 heavy (non-hydrogen) atoms. The normalized spacial score (nSPS) is 18.5. The molecule has 0 atom stereocenters. The Hall–Kier alpha value is -3.16. The third-order valence-electron chi connectivity index (χ3n) is 5.39. The second-order valence-electron chi connectivity index (χ2n) is 6.98. The third-order valence-corrected chi connectivity index (χ3v) is 5.39. The summed E-state index contributed by atoms with van der Waals surface area (Å²) in [7, 11) is 0. The van der Waals surface area contributed by atoms with Crippen LogP contribution < -0.4 is 10.5 Å². The van der Waals surface area contributed by atoms with Crippen molar-refractivity contribution in [2.45, 2.75) is 18.4 Å². The summed E-state index contributed by atoms with van der Waals surface area (Å²) < 4.78 is 0. The van der Waals surface area contributed by atoms with Gasteiger partial charge in [-0.25, -0.2) is 9.97 Å². The average molecular weight is 350 g/mol. The van der Waals surface area contributed by atoms with E-state index in [-0.39, 0.29) is 17.0 Å². The number of H-pyrrole nitrogens is 2. The van der Waals surface area contributed by atoms with E-state index in [2.05, 4.69) is 24.8 Å². The molecule has 2 fully saturated rings. The van der Waals surface area contributed by atoms with E-state index in [1.165, 1.54) is 12.3 Å². The fourth-order valence-electron chi connectivity index (χ4n) is 3.86. The van der Waals surface area contributed by atoms with Crippen molar-refractivity contribution in [3.8, 4) is 0 Å². The molecule has 3 aromatic rings. The molecule has 4 heterocycles. The summed E-state index contributed by atoms with van der Waals surface area (Å²) in [4.78, 5) is 42.8. The minimum atomic E-state index is -0.202. The Morgan fingerprint density at radius 1 is 1.12 bits per heavy atom. The van der Waals surface area contributed by atoms with Crippen LogP contribution in [0.1, 0.15) is 23.2 Å². The van der Waals surface area contributed by atoms with Gasteiger partial charge in [-0.05, 0) is 25.0 Å². The molecule has 8 nitrogen and oxygen atoms in total. The number of pyridine rings is 1. The molecule has 0 aromatic carbocycles. The van der Waals surface area contributed by atoms with E-state index in [1.807, 2.05) is 17.2 Å². The third kappa shape index (κ3) is 2.29. The van der Waals surface area contributed by atoms with E-state index in [0.29, 0.717) is 18.7 Å². The Kier molecular flexibility index (Phi) is 3.15. The lowest BCUT2D eigenvalue weighted by molar-refractivity contribution is 0.0624. The van der Waals surface area contributed by atoms with Crippen LogP contribution in [-0.4, -0.2) is 55.9 Å². The van der Waals surface area contributed by atoms with Gasteiger partial charge in [-0.1, -0.05) is 0 Å². The summed E-state index contributed by atoms with van der Waals surface area (Å²) in [6.45, 7) is 2.11. The number of aromatic amines is 2. The molecule has 3 aromatic heterocycles. The smallest absolute Gasteiger partial charge is 0.255 e. The quantitative estimate of drug-likeness (QED) is 0.722. The number of rotatable bonds is 2. The molecular weight excluding hydrogens is 332 g/mol. The topological polar surface area (TPSA) is 98.0 Å². The van der Waals surface area contributed by atoms with Crippen molar-refractivity contribution in [3.05, 3.63) is 52.8 Å². The van der Waals surface area contributed by atoms with Gasteiger partial charge >= 0.3 is 0 Å². The largest absolute Gasteiger partial charge is 0.352 e. The molecule has 5 rings (SSSR count). The molecule has 1 aliphatic heterocycles. The van der Waals surface area contributed by atoms with Crippen molar-refractivity contribution in [1.29, 1.82) is 0 Å². The van der Waals surface area contributed by atoms with Crippen molar-refractivity contribution in [3.63, 3.8) is 0 Å². The predicted molar refractivity (Wildman–Crippen MR) is 96.2 cm³/mol. The summed E-state index contributed by atoms with van der Waals surface area (Å²) in [5.41, 5.74) is 1.01. The van der Waals surface area contributed by atoms with Gasteiger partial charge in [0.05, 0.1) is 16.5 Å². The van der Waals surface area contributed by atoms with Crippen molar-refractivity contribution in [2.75, 3.05) is 24.5 Å². The highest BCUT2D eigenvalue weighted by Crippen LogP contribution is 2.45. The van der Waals surface area contributed by atoms with E-state index in [1.54, 1.807) is 12.4 Å². The number of nitrogens with one attached hydrogen (secondary N) is 2. The fraction of sp³-hybridized carbons (Fsp3) is 0.333. The van der Waals surface area contributed by atoms with Crippen LogP contribution in [0.2, 0.25) is 0 Å². The van der Waals surface area contributed by atoms with Gasteiger partial charge in [0.15, 0.2) is 0 Å². The van der Waals surface area contributed by atoms with Gasteiger partial charge in [0.2, 0.25) is 5.56 Å². The number of amides is 1.